The van der Waals surface area contributed by atoms with Crippen molar-refractivity contribution in [2.45, 2.75) is 0 Å². The molecule has 0 saturated heterocycles. The fraction of sp³-hybridized carbons (Fsp3) is 0. The van der Waals surface area contributed by atoms with Crippen molar-refractivity contribution in [3.63, 3.8) is 0 Å². The lowest BCUT2D eigenvalue weighted by Crippen LogP contribution is -2.10. The van der Waals surface area contributed by atoms with Crippen LogP contribution >= 0.6 is 22.7 Å². The normalized spacial score (nSPS) is 17.6. The molecule has 0 fully saturated rings. The summed E-state index contributed by atoms with van der Waals surface area (Å²) >= 11 is 3.00. The molecular formula is C14H6N2O2S2-2. The Bertz CT molecular complexity index is 739. The topological polar surface area (TPSA) is 70.8 Å². The molecule has 4 nitrogen and oxygen atoms in total. The Morgan fingerprint density at radius 2 is 1.20 bits per heavy atom. The fourth-order valence-corrected chi connectivity index (χ4v) is 3.58. The molecule has 0 bridgehead atoms. The van der Waals surface area contributed by atoms with Crippen LogP contribution in [0.4, 0.5) is 0 Å². The second kappa shape index (κ2) is 4.16. The predicted octanol–water partition coefficient (Wildman–Crippen LogP) is 1.26. The first-order chi connectivity index (χ1) is 9.75. The monoisotopic (exact) mass is 298 g/mol. The van der Waals surface area contributed by atoms with Crippen molar-refractivity contribution in [1.29, 1.82) is 0 Å². The molecule has 0 atom stereocenters. The molecule has 0 spiro atoms. The molecule has 0 radical (unpaired) electrons. The minimum atomic E-state index is -0.378. The Labute approximate surface area is 122 Å². The number of hydrogen-bond donors (Lipinski definition) is 0. The van der Waals surface area contributed by atoms with Crippen LogP contribution in [0.25, 0.3) is 0 Å². The summed E-state index contributed by atoms with van der Waals surface area (Å²) in [7, 11) is 0. The molecular weight excluding hydrogens is 292 g/mol. The van der Waals surface area contributed by atoms with Gasteiger partial charge in [0.25, 0.3) is 0 Å². The Hall–Kier alpha value is -2.18. The molecule has 98 valence electrons. The number of nitrogens with zero attached hydrogens (tertiary/aromatic N) is 2. The van der Waals surface area contributed by atoms with Crippen LogP contribution < -0.4 is 10.2 Å². The highest BCUT2D eigenvalue weighted by Crippen LogP contribution is 2.36. The molecule has 2 aliphatic heterocycles. The molecule has 2 aliphatic rings. The van der Waals surface area contributed by atoms with Gasteiger partial charge in [-0.05, 0) is 34.7 Å². The molecule has 0 aliphatic carbocycles. The summed E-state index contributed by atoms with van der Waals surface area (Å²) in [5.74, 6) is -0.756. The lowest BCUT2D eigenvalue weighted by molar-refractivity contribution is -0.306. The third-order valence-corrected chi connectivity index (χ3v) is 4.53. The minimum absolute atomic E-state index is 0.342. The van der Waals surface area contributed by atoms with Gasteiger partial charge >= 0.3 is 0 Å². The van der Waals surface area contributed by atoms with Crippen molar-refractivity contribution in [2.24, 2.45) is 9.98 Å². The van der Waals surface area contributed by atoms with Gasteiger partial charge in [0.2, 0.25) is 0 Å². The van der Waals surface area contributed by atoms with Crippen LogP contribution in [0.3, 0.4) is 0 Å². The van der Waals surface area contributed by atoms with Gasteiger partial charge in [0, 0.05) is 33.0 Å². The zero-order chi connectivity index (χ0) is 13.7. The van der Waals surface area contributed by atoms with E-state index in [2.05, 4.69) is 9.98 Å². The van der Waals surface area contributed by atoms with Crippen molar-refractivity contribution >= 4 is 34.1 Å². The fourth-order valence-electron chi connectivity index (χ4n) is 2.30. The van der Waals surface area contributed by atoms with E-state index in [0.717, 1.165) is 11.1 Å². The average molecular weight is 298 g/mol. The number of allylic oxidation sites excluding steroid dienone is 2. The van der Waals surface area contributed by atoms with E-state index < -0.39 is 0 Å². The maximum absolute atomic E-state index is 12.1. The first-order valence-corrected chi connectivity index (χ1v) is 7.70. The maximum Gasteiger partial charge on any atom is 0.0792 e. The summed E-state index contributed by atoms with van der Waals surface area (Å²) in [5, 5.41) is 31.8. The number of hydrogen-bond acceptors (Lipinski definition) is 6. The van der Waals surface area contributed by atoms with E-state index in [1.807, 2.05) is 33.7 Å². The molecule has 4 rings (SSSR count). The van der Waals surface area contributed by atoms with Gasteiger partial charge in [0.1, 0.15) is 0 Å². The maximum atomic E-state index is 12.1. The average Bonchev–Trinajstić information content (AvgIpc) is 3.17. The molecule has 0 amide bonds. The molecule has 0 aromatic carbocycles. The summed E-state index contributed by atoms with van der Waals surface area (Å²) in [4.78, 5) is 8.08. The van der Waals surface area contributed by atoms with E-state index in [1.165, 1.54) is 22.7 Å². The van der Waals surface area contributed by atoms with Crippen LogP contribution in [0.1, 0.15) is 11.1 Å². The van der Waals surface area contributed by atoms with E-state index in [4.69, 9.17) is 0 Å². The molecule has 2 aromatic heterocycles. The molecule has 0 unspecified atom stereocenters. The molecule has 4 heterocycles. The van der Waals surface area contributed by atoms with Crippen LogP contribution in [0, 0.1) is 0 Å². The lowest BCUT2D eigenvalue weighted by atomic mass is 9.97. The van der Waals surface area contributed by atoms with Gasteiger partial charge in [-0.3, -0.25) is 9.98 Å². The van der Waals surface area contributed by atoms with E-state index >= 15 is 0 Å². The van der Waals surface area contributed by atoms with Gasteiger partial charge in [-0.2, -0.15) is 22.7 Å². The van der Waals surface area contributed by atoms with Crippen molar-refractivity contribution in [3.05, 3.63) is 67.7 Å². The Kier molecular flexibility index (Phi) is 2.42. The third kappa shape index (κ3) is 1.52. The lowest BCUT2D eigenvalue weighted by Gasteiger charge is -2.08. The van der Waals surface area contributed by atoms with Gasteiger partial charge in [0.15, 0.2) is 0 Å². The largest absolute Gasteiger partial charge is 0.858 e. The number of thiophene rings is 2. The van der Waals surface area contributed by atoms with Crippen molar-refractivity contribution in [3.8, 4) is 0 Å². The highest BCUT2D eigenvalue weighted by Gasteiger charge is 2.30. The van der Waals surface area contributed by atoms with Crippen LogP contribution in [-0.2, 0) is 0 Å². The summed E-state index contributed by atoms with van der Waals surface area (Å²) in [6.45, 7) is 0. The highest BCUT2D eigenvalue weighted by molar-refractivity contribution is 7.08. The number of fused-ring (bicyclic) bond motifs is 1. The second-order valence-corrected chi connectivity index (χ2v) is 5.87. The van der Waals surface area contributed by atoms with Crippen LogP contribution in [0.2, 0.25) is 0 Å². The SMILES string of the molecule is [O-]C1=C2C(c3ccsc3)=NC([O-])=C2C(c2ccsc2)=N1. The van der Waals surface area contributed by atoms with E-state index in [1.54, 1.807) is 0 Å². The van der Waals surface area contributed by atoms with E-state index in [-0.39, 0.29) is 11.8 Å². The molecule has 2 aromatic rings. The van der Waals surface area contributed by atoms with E-state index in [9.17, 15) is 10.2 Å². The zero-order valence-corrected chi connectivity index (χ0v) is 11.6. The van der Waals surface area contributed by atoms with E-state index in [0.29, 0.717) is 22.6 Å². The van der Waals surface area contributed by atoms with Crippen LogP contribution in [0.15, 0.2) is 66.6 Å². The molecule has 6 heteroatoms. The second-order valence-electron chi connectivity index (χ2n) is 4.31. The summed E-state index contributed by atoms with van der Waals surface area (Å²) in [5.41, 5.74) is 3.17. The van der Waals surface area contributed by atoms with Gasteiger partial charge < -0.3 is 10.2 Å². The Morgan fingerprint density at radius 1 is 0.750 bits per heavy atom. The summed E-state index contributed by atoms with van der Waals surface area (Å²) in [6, 6.07) is 3.70. The summed E-state index contributed by atoms with van der Waals surface area (Å²) < 4.78 is 0. The third-order valence-electron chi connectivity index (χ3n) is 3.17. The molecule has 20 heavy (non-hydrogen) atoms. The van der Waals surface area contributed by atoms with Crippen molar-refractivity contribution < 1.29 is 10.2 Å². The first kappa shape index (κ1) is 11.6. The van der Waals surface area contributed by atoms with Crippen LogP contribution in [-0.4, -0.2) is 11.4 Å². The zero-order valence-electron chi connectivity index (χ0n) is 9.99. The van der Waals surface area contributed by atoms with Gasteiger partial charge in [-0.1, -0.05) is 0 Å². The molecule has 0 N–H and O–H groups in total. The first-order valence-electron chi connectivity index (χ1n) is 5.82. The number of aliphatic imine (C=N–C) groups is 2. The van der Waals surface area contributed by atoms with Crippen molar-refractivity contribution in [1.82, 2.24) is 0 Å². The highest BCUT2D eigenvalue weighted by atomic mass is 32.1. The predicted molar refractivity (Wildman–Crippen MR) is 75.8 cm³/mol. The quantitative estimate of drug-likeness (QED) is 0.837. The standard InChI is InChI=1S/C14H8N2O2S2/c17-13-9-10(12(16-13)8-2-4-20-6-8)14(18)15-11(9)7-1-3-19-5-7/h1-6H,(H,15,18)(H,16,17)/p-2. The molecule has 0 saturated carbocycles. The van der Waals surface area contributed by atoms with Crippen molar-refractivity contribution in [2.75, 3.05) is 0 Å². The Balaban J connectivity index is 1.84. The van der Waals surface area contributed by atoms with Crippen LogP contribution in [0.5, 0.6) is 0 Å². The smallest absolute Gasteiger partial charge is 0.0792 e. The minimum Gasteiger partial charge on any atom is -0.858 e. The summed E-state index contributed by atoms with van der Waals surface area (Å²) in [6.07, 6.45) is 0. The van der Waals surface area contributed by atoms with Gasteiger partial charge in [-0.25, -0.2) is 0 Å². The van der Waals surface area contributed by atoms with Gasteiger partial charge in [-0.15, -0.1) is 0 Å². The Morgan fingerprint density at radius 3 is 1.55 bits per heavy atom. The van der Waals surface area contributed by atoms with Gasteiger partial charge in [0.05, 0.1) is 11.4 Å². The number of rotatable bonds is 2.